The van der Waals surface area contributed by atoms with Crippen LogP contribution in [-0.2, 0) is 0 Å². The monoisotopic (exact) mass is 293 g/mol. The summed E-state index contributed by atoms with van der Waals surface area (Å²) in [5.41, 5.74) is 2.58. The molecule has 0 N–H and O–H groups in total. The first-order valence-corrected chi connectivity index (χ1v) is 7.01. The van der Waals surface area contributed by atoms with Crippen LogP contribution in [0, 0.1) is 5.41 Å². The maximum absolute atomic E-state index is 11.1. The van der Waals surface area contributed by atoms with Crippen LogP contribution in [0.4, 0.5) is 5.69 Å². The van der Waals surface area contributed by atoms with Crippen molar-refractivity contribution < 1.29 is 4.79 Å². The summed E-state index contributed by atoms with van der Waals surface area (Å²) >= 11 is 3.48. The maximum Gasteiger partial charge on any atom is 0.152 e. The number of hydrogen-bond donors (Lipinski definition) is 0. The van der Waals surface area contributed by atoms with Crippen LogP contribution in [0.15, 0.2) is 22.7 Å². The molecule has 0 bridgehead atoms. The zero-order valence-electron chi connectivity index (χ0n) is 9.79. The van der Waals surface area contributed by atoms with Crippen LogP contribution < -0.4 is 4.90 Å². The molecule has 3 heteroatoms. The molecular formula is C14H16BrNO. The van der Waals surface area contributed by atoms with E-state index in [1.165, 1.54) is 25.7 Å². The van der Waals surface area contributed by atoms with Gasteiger partial charge in [-0.3, -0.25) is 4.79 Å². The van der Waals surface area contributed by atoms with Crippen LogP contribution in [0.25, 0.3) is 0 Å². The third kappa shape index (κ3) is 2.13. The van der Waals surface area contributed by atoms with Crippen LogP contribution in [0.3, 0.4) is 0 Å². The van der Waals surface area contributed by atoms with Crippen molar-refractivity contribution in [1.82, 2.24) is 0 Å². The van der Waals surface area contributed by atoms with Gasteiger partial charge in [-0.05, 0) is 49.3 Å². The molecule has 1 aromatic rings. The number of anilines is 1. The second-order valence-corrected chi connectivity index (χ2v) is 6.22. The average Bonchev–Trinajstić information content (AvgIpc) is 3.10. The molecular weight excluding hydrogens is 278 g/mol. The lowest BCUT2D eigenvalue weighted by molar-refractivity contribution is 0.112. The van der Waals surface area contributed by atoms with E-state index in [4.69, 9.17) is 0 Å². The summed E-state index contributed by atoms with van der Waals surface area (Å²) < 4.78 is 1.05. The van der Waals surface area contributed by atoms with Gasteiger partial charge in [0, 0.05) is 28.8 Å². The van der Waals surface area contributed by atoms with Gasteiger partial charge >= 0.3 is 0 Å². The highest BCUT2D eigenvalue weighted by atomic mass is 79.9. The van der Waals surface area contributed by atoms with Crippen molar-refractivity contribution in [3.8, 4) is 0 Å². The van der Waals surface area contributed by atoms with Gasteiger partial charge in [0.05, 0.1) is 0 Å². The first-order chi connectivity index (χ1) is 8.22. The van der Waals surface area contributed by atoms with E-state index in [0.717, 1.165) is 35.1 Å². The molecule has 0 radical (unpaired) electrons. The summed E-state index contributed by atoms with van der Waals surface area (Å²) in [4.78, 5) is 13.4. The Kier molecular flexibility index (Phi) is 2.74. The predicted octanol–water partition coefficient (Wildman–Crippen LogP) is 3.64. The number of carbonyl (C=O) groups is 1. The van der Waals surface area contributed by atoms with Crippen LogP contribution in [0.5, 0.6) is 0 Å². The molecule has 0 atom stereocenters. The van der Waals surface area contributed by atoms with Gasteiger partial charge in [-0.15, -0.1) is 0 Å². The van der Waals surface area contributed by atoms with Gasteiger partial charge in [0.2, 0.25) is 0 Å². The number of benzene rings is 1. The van der Waals surface area contributed by atoms with Gasteiger partial charge in [-0.2, -0.15) is 0 Å². The highest BCUT2D eigenvalue weighted by Crippen LogP contribution is 2.54. The quantitative estimate of drug-likeness (QED) is 0.776. The lowest BCUT2D eigenvalue weighted by atomic mass is 9.93. The summed E-state index contributed by atoms with van der Waals surface area (Å²) in [6, 6.07) is 5.89. The molecule has 0 unspecified atom stereocenters. The van der Waals surface area contributed by atoms with E-state index in [9.17, 15) is 4.79 Å². The van der Waals surface area contributed by atoms with Crippen molar-refractivity contribution in [2.75, 3.05) is 18.0 Å². The van der Waals surface area contributed by atoms with Crippen molar-refractivity contribution in [2.24, 2.45) is 5.41 Å². The number of rotatable bonds is 2. The highest BCUT2D eigenvalue weighted by Gasteiger charge is 2.44. The first kappa shape index (κ1) is 11.3. The molecule has 1 aliphatic heterocycles. The van der Waals surface area contributed by atoms with E-state index >= 15 is 0 Å². The molecule has 1 saturated carbocycles. The topological polar surface area (TPSA) is 20.3 Å². The second-order valence-electron chi connectivity index (χ2n) is 5.31. The Morgan fingerprint density at radius 2 is 1.88 bits per heavy atom. The van der Waals surface area contributed by atoms with Gasteiger partial charge in [-0.25, -0.2) is 0 Å². The van der Waals surface area contributed by atoms with Crippen molar-refractivity contribution in [3.63, 3.8) is 0 Å². The smallest absolute Gasteiger partial charge is 0.152 e. The molecule has 1 spiro atoms. The fraction of sp³-hybridized carbons (Fsp3) is 0.500. The summed E-state index contributed by atoms with van der Waals surface area (Å²) in [5.74, 6) is 0. The third-order valence-electron chi connectivity index (χ3n) is 4.24. The lowest BCUT2D eigenvalue weighted by Gasteiger charge is -2.34. The molecule has 1 heterocycles. The zero-order valence-corrected chi connectivity index (χ0v) is 11.4. The minimum absolute atomic E-state index is 0.684. The molecule has 0 amide bonds. The van der Waals surface area contributed by atoms with Crippen LogP contribution in [-0.4, -0.2) is 19.4 Å². The lowest BCUT2D eigenvalue weighted by Crippen LogP contribution is -2.35. The predicted molar refractivity (Wildman–Crippen MR) is 72.6 cm³/mol. The molecule has 1 aromatic carbocycles. The Bertz CT molecular complexity index is 444. The number of carbonyl (C=O) groups excluding carboxylic acids is 1. The molecule has 2 fully saturated rings. The number of hydrogen-bond acceptors (Lipinski definition) is 2. The number of aldehydes is 1. The molecule has 2 aliphatic rings. The summed E-state index contributed by atoms with van der Waals surface area (Å²) in [5, 5.41) is 0. The van der Waals surface area contributed by atoms with E-state index in [1.54, 1.807) is 0 Å². The standard InChI is InChI=1S/C14H16BrNO/c15-12-2-1-11(10-17)13(9-12)16-7-5-14(3-4-14)6-8-16/h1-2,9-10H,3-8H2. The number of piperidine rings is 1. The van der Waals surface area contributed by atoms with Gasteiger partial charge in [0.25, 0.3) is 0 Å². The Hall–Kier alpha value is -0.830. The first-order valence-electron chi connectivity index (χ1n) is 6.22. The summed E-state index contributed by atoms with van der Waals surface area (Å²) in [6.07, 6.45) is 6.37. The van der Waals surface area contributed by atoms with Crippen molar-refractivity contribution in [3.05, 3.63) is 28.2 Å². The van der Waals surface area contributed by atoms with Gasteiger partial charge in [-0.1, -0.05) is 15.9 Å². The highest BCUT2D eigenvalue weighted by molar-refractivity contribution is 9.10. The Labute approximate surface area is 110 Å². The maximum atomic E-state index is 11.1. The second kappa shape index (κ2) is 4.13. The molecule has 2 nitrogen and oxygen atoms in total. The van der Waals surface area contributed by atoms with Crippen LogP contribution >= 0.6 is 15.9 Å². The number of nitrogens with zero attached hydrogens (tertiary/aromatic N) is 1. The molecule has 3 rings (SSSR count). The van der Waals surface area contributed by atoms with Crippen LogP contribution in [0.1, 0.15) is 36.0 Å². The van der Waals surface area contributed by atoms with E-state index in [0.29, 0.717) is 5.41 Å². The fourth-order valence-electron chi connectivity index (χ4n) is 2.79. The minimum atomic E-state index is 0.684. The van der Waals surface area contributed by atoms with Crippen LogP contribution in [0.2, 0.25) is 0 Å². The third-order valence-corrected chi connectivity index (χ3v) is 4.73. The molecule has 1 aliphatic carbocycles. The van der Waals surface area contributed by atoms with E-state index < -0.39 is 0 Å². The summed E-state index contributed by atoms with van der Waals surface area (Å²) in [7, 11) is 0. The normalized spacial score (nSPS) is 21.6. The Morgan fingerprint density at radius 1 is 1.18 bits per heavy atom. The molecule has 90 valence electrons. The SMILES string of the molecule is O=Cc1ccc(Br)cc1N1CCC2(CC1)CC2. The van der Waals surface area contributed by atoms with Gasteiger partial charge in [0.1, 0.15) is 0 Å². The van der Waals surface area contributed by atoms with Gasteiger partial charge in [0.15, 0.2) is 6.29 Å². The molecule has 1 saturated heterocycles. The molecule has 17 heavy (non-hydrogen) atoms. The van der Waals surface area contributed by atoms with Crippen molar-refractivity contribution >= 4 is 27.9 Å². The largest absolute Gasteiger partial charge is 0.371 e. The zero-order chi connectivity index (χ0) is 11.9. The minimum Gasteiger partial charge on any atom is -0.371 e. The Balaban J connectivity index is 1.83. The fourth-order valence-corrected chi connectivity index (χ4v) is 3.14. The van der Waals surface area contributed by atoms with Crippen molar-refractivity contribution in [1.29, 1.82) is 0 Å². The molecule has 0 aromatic heterocycles. The Morgan fingerprint density at radius 3 is 2.47 bits per heavy atom. The average molecular weight is 294 g/mol. The van der Waals surface area contributed by atoms with E-state index in [-0.39, 0.29) is 0 Å². The summed E-state index contributed by atoms with van der Waals surface area (Å²) in [6.45, 7) is 2.19. The van der Waals surface area contributed by atoms with Crippen molar-refractivity contribution in [2.45, 2.75) is 25.7 Å². The van der Waals surface area contributed by atoms with E-state index in [1.807, 2.05) is 12.1 Å². The number of halogens is 1. The van der Waals surface area contributed by atoms with Gasteiger partial charge < -0.3 is 4.90 Å². The van der Waals surface area contributed by atoms with E-state index in [2.05, 4.69) is 26.9 Å².